The fraction of sp³-hybridized carbons (Fsp3) is 0.500. The highest BCUT2D eigenvalue weighted by Gasteiger charge is 2.21. The Labute approximate surface area is 132 Å². The topological polar surface area (TPSA) is 47.1 Å². The summed E-state index contributed by atoms with van der Waals surface area (Å²) in [6, 6.07) is 8.67. The van der Waals surface area contributed by atoms with Gasteiger partial charge >= 0.3 is 0 Å². The van der Waals surface area contributed by atoms with Crippen molar-refractivity contribution in [2.24, 2.45) is 11.7 Å². The van der Waals surface area contributed by atoms with Gasteiger partial charge < -0.3 is 5.73 Å². The fourth-order valence-electron chi connectivity index (χ4n) is 3.10. The van der Waals surface area contributed by atoms with Crippen molar-refractivity contribution in [3.8, 4) is 5.69 Å². The molecule has 2 aromatic rings. The minimum Gasteiger partial charge on any atom is -0.330 e. The molecule has 4 nitrogen and oxygen atoms in total. The molecule has 0 saturated carbocycles. The van der Waals surface area contributed by atoms with Crippen LogP contribution in [0.15, 0.2) is 36.7 Å². The Morgan fingerprint density at radius 2 is 2.05 bits per heavy atom. The van der Waals surface area contributed by atoms with E-state index in [1.165, 1.54) is 17.5 Å². The number of likely N-dealkylation sites (tertiary alicyclic amines) is 1. The van der Waals surface area contributed by atoms with E-state index < -0.39 is 0 Å². The van der Waals surface area contributed by atoms with Gasteiger partial charge in [-0.1, -0.05) is 26.0 Å². The molecule has 2 N–H and O–H groups in total. The molecule has 22 heavy (non-hydrogen) atoms. The molecule has 0 bridgehead atoms. The van der Waals surface area contributed by atoms with Crippen LogP contribution in [0.25, 0.3) is 5.69 Å². The maximum atomic E-state index is 5.76. The Hall–Kier alpha value is -1.65. The molecule has 1 aliphatic rings. The van der Waals surface area contributed by atoms with Gasteiger partial charge in [-0.3, -0.25) is 4.90 Å². The molecule has 1 atom stereocenters. The van der Waals surface area contributed by atoms with Gasteiger partial charge in [-0.25, -0.2) is 4.68 Å². The van der Waals surface area contributed by atoms with Gasteiger partial charge in [-0.15, -0.1) is 0 Å². The van der Waals surface area contributed by atoms with E-state index in [-0.39, 0.29) is 0 Å². The summed E-state index contributed by atoms with van der Waals surface area (Å²) in [5.41, 5.74) is 9.51. The second-order valence-electron chi connectivity index (χ2n) is 6.66. The van der Waals surface area contributed by atoms with Gasteiger partial charge in [0.05, 0.1) is 11.9 Å². The van der Waals surface area contributed by atoms with Crippen molar-refractivity contribution in [2.45, 2.75) is 32.7 Å². The molecule has 1 aromatic heterocycles. The molecule has 1 aliphatic heterocycles. The van der Waals surface area contributed by atoms with Gasteiger partial charge in [0.1, 0.15) is 0 Å². The Kier molecular flexibility index (Phi) is 4.60. The van der Waals surface area contributed by atoms with Crippen molar-refractivity contribution in [3.05, 3.63) is 47.8 Å². The minimum absolute atomic E-state index is 0.563. The average molecular weight is 298 g/mol. The van der Waals surface area contributed by atoms with Gasteiger partial charge in [-0.05, 0) is 49.0 Å². The highest BCUT2D eigenvalue weighted by Crippen LogP contribution is 2.19. The zero-order valence-corrected chi connectivity index (χ0v) is 13.6. The SMILES string of the molecule is CC(C)c1ccc(-n2cc(CN3CCC(CN)C3)cn2)cc1. The van der Waals surface area contributed by atoms with Crippen molar-refractivity contribution in [3.63, 3.8) is 0 Å². The first-order chi connectivity index (χ1) is 10.7. The van der Waals surface area contributed by atoms with Gasteiger partial charge in [0, 0.05) is 24.8 Å². The van der Waals surface area contributed by atoms with E-state index >= 15 is 0 Å². The number of nitrogens with zero attached hydrogens (tertiary/aromatic N) is 3. The lowest BCUT2D eigenvalue weighted by molar-refractivity contribution is 0.318. The summed E-state index contributed by atoms with van der Waals surface area (Å²) in [6.45, 7) is 8.47. The van der Waals surface area contributed by atoms with E-state index in [0.717, 1.165) is 31.9 Å². The van der Waals surface area contributed by atoms with Crippen LogP contribution in [0, 0.1) is 5.92 Å². The molecule has 118 valence electrons. The number of hydrogen-bond acceptors (Lipinski definition) is 3. The van der Waals surface area contributed by atoms with Crippen molar-refractivity contribution >= 4 is 0 Å². The molecule has 1 unspecified atom stereocenters. The summed E-state index contributed by atoms with van der Waals surface area (Å²) in [5, 5.41) is 4.51. The van der Waals surface area contributed by atoms with Gasteiger partial charge in [0.2, 0.25) is 0 Å². The smallest absolute Gasteiger partial charge is 0.0645 e. The molecule has 0 amide bonds. The van der Waals surface area contributed by atoms with Crippen molar-refractivity contribution in [1.82, 2.24) is 14.7 Å². The predicted molar refractivity (Wildman–Crippen MR) is 90.1 cm³/mol. The molecule has 1 aromatic carbocycles. The summed E-state index contributed by atoms with van der Waals surface area (Å²) in [6.07, 6.45) is 5.34. The molecule has 3 rings (SSSR count). The molecule has 0 aliphatic carbocycles. The standard InChI is InChI=1S/C18H26N4/c1-14(2)17-3-5-18(6-4-17)22-13-16(10-20-22)12-21-8-7-15(9-19)11-21/h3-6,10,13-15H,7-9,11-12,19H2,1-2H3. The van der Waals surface area contributed by atoms with Gasteiger partial charge in [0.25, 0.3) is 0 Å². The van der Waals surface area contributed by atoms with Crippen LogP contribution in [-0.2, 0) is 6.54 Å². The molecular weight excluding hydrogens is 272 g/mol. The van der Waals surface area contributed by atoms with Crippen LogP contribution in [0.4, 0.5) is 0 Å². The van der Waals surface area contributed by atoms with Gasteiger partial charge in [0.15, 0.2) is 0 Å². The Morgan fingerprint density at radius 3 is 2.68 bits per heavy atom. The van der Waals surface area contributed by atoms with E-state index in [9.17, 15) is 0 Å². The Bertz CT molecular complexity index is 600. The first-order valence-corrected chi connectivity index (χ1v) is 8.22. The molecule has 1 saturated heterocycles. The monoisotopic (exact) mass is 298 g/mol. The number of nitrogens with two attached hydrogens (primary N) is 1. The van der Waals surface area contributed by atoms with Gasteiger partial charge in [-0.2, -0.15) is 5.10 Å². The second kappa shape index (κ2) is 6.63. The van der Waals surface area contributed by atoms with E-state index in [1.54, 1.807) is 0 Å². The summed E-state index contributed by atoms with van der Waals surface area (Å²) in [7, 11) is 0. The number of benzene rings is 1. The van der Waals surface area contributed by atoms with Crippen molar-refractivity contribution in [2.75, 3.05) is 19.6 Å². The van der Waals surface area contributed by atoms with Crippen LogP contribution in [-0.4, -0.2) is 34.3 Å². The fourth-order valence-corrected chi connectivity index (χ4v) is 3.10. The average Bonchev–Trinajstić information content (AvgIpc) is 3.17. The van der Waals surface area contributed by atoms with Crippen molar-refractivity contribution in [1.29, 1.82) is 0 Å². The van der Waals surface area contributed by atoms with Crippen LogP contribution in [0.5, 0.6) is 0 Å². The molecule has 0 spiro atoms. The third kappa shape index (κ3) is 3.39. The molecule has 2 heterocycles. The van der Waals surface area contributed by atoms with Crippen molar-refractivity contribution < 1.29 is 0 Å². The normalized spacial score (nSPS) is 19.2. The quantitative estimate of drug-likeness (QED) is 0.923. The summed E-state index contributed by atoms with van der Waals surface area (Å²) >= 11 is 0. The van der Waals surface area contributed by atoms with Crippen LogP contribution < -0.4 is 5.73 Å². The predicted octanol–water partition coefficient (Wildman–Crippen LogP) is 2.78. The van der Waals surface area contributed by atoms with Crippen LogP contribution in [0.2, 0.25) is 0 Å². The van der Waals surface area contributed by atoms with E-state index in [4.69, 9.17) is 5.73 Å². The molecule has 4 heteroatoms. The largest absolute Gasteiger partial charge is 0.330 e. The highest BCUT2D eigenvalue weighted by molar-refractivity contribution is 5.35. The van der Waals surface area contributed by atoms with E-state index in [0.29, 0.717) is 11.8 Å². The molecule has 0 radical (unpaired) electrons. The minimum atomic E-state index is 0.563. The van der Waals surface area contributed by atoms with Crippen LogP contribution in [0.1, 0.15) is 37.3 Å². The summed E-state index contributed by atoms with van der Waals surface area (Å²) < 4.78 is 1.97. The summed E-state index contributed by atoms with van der Waals surface area (Å²) in [5.74, 6) is 1.23. The first kappa shape index (κ1) is 15.3. The lowest BCUT2D eigenvalue weighted by atomic mass is 10.0. The molecule has 1 fully saturated rings. The molecular formula is C18H26N4. The number of rotatable bonds is 5. The van der Waals surface area contributed by atoms with Crippen LogP contribution in [0.3, 0.4) is 0 Å². The lowest BCUT2D eigenvalue weighted by Gasteiger charge is -2.14. The zero-order valence-electron chi connectivity index (χ0n) is 13.6. The van der Waals surface area contributed by atoms with E-state index in [1.807, 2.05) is 10.9 Å². The Balaban J connectivity index is 1.66. The number of hydrogen-bond donors (Lipinski definition) is 1. The maximum absolute atomic E-state index is 5.76. The number of aromatic nitrogens is 2. The Morgan fingerprint density at radius 1 is 1.27 bits per heavy atom. The summed E-state index contributed by atoms with van der Waals surface area (Å²) in [4.78, 5) is 2.47. The lowest BCUT2D eigenvalue weighted by Crippen LogP contribution is -2.22. The first-order valence-electron chi connectivity index (χ1n) is 8.22. The second-order valence-corrected chi connectivity index (χ2v) is 6.66. The van der Waals surface area contributed by atoms with Crippen LogP contribution >= 0.6 is 0 Å². The third-order valence-electron chi connectivity index (χ3n) is 4.57. The maximum Gasteiger partial charge on any atom is 0.0645 e. The van der Waals surface area contributed by atoms with E-state index in [2.05, 4.69) is 54.3 Å². The highest BCUT2D eigenvalue weighted by atomic mass is 15.3. The zero-order chi connectivity index (χ0) is 15.5. The third-order valence-corrected chi connectivity index (χ3v) is 4.57.